The first-order chi connectivity index (χ1) is 17.3. The van der Waals surface area contributed by atoms with E-state index in [0.717, 1.165) is 28.6 Å². The molecule has 0 atom stereocenters. The highest BCUT2D eigenvalue weighted by Crippen LogP contribution is 2.30. The molecule has 0 aliphatic carbocycles. The van der Waals surface area contributed by atoms with E-state index in [-0.39, 0.29) is 16.4 Å². The monoisotopic (exact) mass is 507 g/mol. The number of aromatic amines is 1. The average Bonchev–Trinajstić information content (AvgIpc) is 3.27. The number of alkyl halides is 3. The number of benzene rings is 3. The molecule has 10 heteroatoms. The summed E-state index contributed by atoms with van der Waals surface area (Å²) in [6, 6.07) is 17.8. The van der Waals surface area contributed by atoms with Crippen LogP contribution in [0.1, 0.15) is 11.1 Å². The van der Waals surface area contributed by atoms with Crippen molar-refractivity contribution in [3.63, 3.8) is 0 Å². The predicted molar refractivity (Wildman–Crippen MR) is 139 cm³/mol. The number of hydrogen-bond donors (Lipinski definition) is 3. The van der Waals surface area contributed by atoms with Gasteiger partial charge in [-0.2, -0.15) is 13.2 Å². The number of H-pyrrole nitrogens is 1. The van der Waals surface area contributed by atoms with Crippen LogP contribution in [0, 0.1) is 0 Å². The molecule has 3 N–H and O–H groups in total. The predicted octanol–water partition coefficient (Wildman–Crippen LogP) is 5.95. The van der Waals surface area contributed by atoms with Crippen LogP contribution in [0.4, 0.5) is 24.5 Å². The normalized spacial score (nSPS) is 11.6. The summed E-state index contributed by atoms with van der Waals surface area (Å²) < 4.78 is 40.4. The molecule has 0 spiro atoms. The van der Waals surface area contributed by atoms with Crippen molar-refractivity contribution in [2.75, 3.05) is 10.6 Å². The first-order valence-electron chi connectivity index (χ1n) is 11.1. The number of thiocarbonyl (C=S) groups is 1. The average molecular weight is 508 g/mol. The number of halogens is 3. The Morgan fingerprint density at radius 2 is 1.75 bits per heavy atom. The molecule has 0 unspecified atom stereocenters. The van der Waals surface area contributed by atoms with E-state index < -0.39 is 11.7 Å². The summed E-state index contributed by atoms with van der Waals surface area (Å²) in [6.45, 7) is 0.455. The van der Waals surface area contributed by atoms with Gasteiger partial charge in [-0.05, 0) is 66.7 Å². The van der Waals surface area contributed by atoms with E-state index in [1.165, 1.54) is 18.5 Å². The van der Waals surface area contributed by atoms with E-state index in [1.54, 1.807) is 22.8 Å². The lowest BCUT2D eigenvalue weighted by Gasteiger charge is -2.13. The molecule has 3 aromatic carbocycles. The molecule has 0 aliphatic heterocycles. The summed E-state index contributed by atoms with van der Waals surface area (Å²) in [5.41, 5.74) is 2.43. The second kappa shape index (κ2) is 9.46. The molecular formula is C26H20F3N5OS. The summed E-state index contributed by atoms with van der Waals surface area (Å²) in [4.78, 5) is 20.8. The molecule has 2 heterocycles. The van der Waals surface area contributed by atoms with Gasteiger partial charge in [-0.15, -0.1) is 0 Å². The third kappa shape index (κ3) is 4.94. The van der Waals surface area contributed by atoms with Crippen LogP contribution in [0.15, 0.2) is 84.0 Å². The van der Waals surface area contributed by atoms with Crippen molar-refractivity contribution in [2.24, 2.45) is 0 Å². The number of aryl methyl sites for hydroxylation is 2. The minimum atomic E-state index is -4.45. The standard InChI is InChI=1S/C26H20F3N5OS/c27-26(28,29)17-4-3-5-18(12-17)32-25(36)33-19-8-9-23-21(13-19)24(35)34(15-31-23)11-10-16-14-30-22-7-2-1-6-20(16)22/h1-9,12-15,30H,10-11H2,(H2,32,33,36). The smallest absolute Gasteiger partial charge is 0.361 e. The molecular weight excluding hydrogens is 487 g/mol. The fourth-order valence-corrected chi connectivity index (χ4v) is 4.28. The number of fused-ring (bicyclic) bond motifs is 2. The minimum Gasteiger partial charge on any atom is -0.361 e. The zero-order valence-corrected chi connectivity index (χ0v) is 19.6. The van der Waals surface area contributed by atoms with Crippen molar-refractivity contribution in [3.05, 3.63) is 101 Å². The van der Waals surface area contributed by atoms with Gasteiger partial charge in [0, 0.05) is 35.0 Å². The number of para-hydroxylation sites is 1. The lowest BCUT2D eigenvalue weighted by atomic mass is 10.1. The first-order valence-corrected chi connectivity index (χ1v) is 11.5. The van der Waals surface area contributed by atoms with Gasteiger partial charge in [-0.25, -0.2) is 4.98 Å². The van der Waals surface area contributed by atoms with E-state index in [2.05, 4.69) is 20.6 Å². The summed E-state index contributed by atoms with van der Waals surface area (Å²) >= 11 is 5.26. The first kappa shape index (κ1) is 23.6. The Hall–Kier alpha value is -4.18. The largest absolute Gasteiger partial charge is 0.416 e. The zero-order valence-electron chi connectivity index (χ0n) is 18.8. The van der Waals surface area contributed by atoms with E-state index in [4.69, 9.17) is 12.2 Å². The molecule has 6 nitrogen and oxygen atoms in total. The summed E-state index contributed by atoms with van der Waals surface area (Å²) in [6.07, 6.45) is -0.316. The van der Waals surface area contributed by atoms with Crippen LogP contribution < -0.4 is 16.2 Å². The lowest BCUT2D eigenvalue weighted by molar-refractivity contribution is -0.137. The third-order valence-electron chi connectivity index (χ3n) is 5.83. The molecule has 5 rings (SSSR count). The van der Waals surface area contributed by atoms with Crippen LogP contribution >= 0.6 is 12.2 Å². The van der Waals surface area contributed by atoms with Crippen molar-refractivity contribution in [2.45, 2.75) is 19.1 Å². The van der Waals surface area contributed by atoms with E-state index >= 15 is 0 Å². The van der Waals surface area contributed by atoms with Gasteiger partial charge < -0.3 is 15.6 Å². The van der Waals surface area contributed by atoms with Crippen LogP contribution in [0.2, 0.25) is 0 Å². The Morgan fingerprint density at radius 1 is 0.972 bits per heavy atom. The fourth-order valence-electron chi connectivity index (χ4n) is 4.04. The number of hydrogen-bond acceptors (Lipinski definition) is 3. The molecule has 0 bridgehead atoms. The zero-order chi connectivity index (χ0) is 25.3. The fraction of sp³-hybridized carbons (Fsp3) is 0.115. The SMILES string of the molecule is O=c1c2cc(NC(=S)Nc3cccc(C(F)(F)F)c3)ccc2ncn1CCc1c[nH]c2ccccc12. The van der Waals surface area contributed by atoms with Crippen LogP contribution in [0.25, 0.3) is 21.8 Å². The van der Waals surface area contributed by atoms with Crippen LogP contribution in [0.5, 0.6) is 0 Å². The highest BCUT2D eigenvalue weighted by Gasteiger charge is 2.30. The number of aromatic nitrogens is 3. The summed E-state index contributed by atoms with van der Waals surface area (Å²) in [7, 11) is 0. The minimum absolute atomic E-state index is 0.0947. The molecule has 36 heavy (non-hydrogen) atoms. The second-order valence-electron chi connectivity index (χ2n) is 8.24. The number of anilines is 2. The van der Waals surface area contributed by atoms with Gasteiger partial charge in [-0.1, -0.05) is 24.3 Å². The molecule has 0 amide bonds. The Kier molecular flexibility index (Phi) is 6.19. The molecule has 0 saturated heterocycles. The van der Waals surface area contributed by atoms with Gasteiger partial charge in [-0.3, -0.25) is 9.36 Å². The highest BCUT2D eigenvalue weighted by molar-refractivity contribution is 7.80. The van der Waals surface area contributed by atoms with Gasteiger partial charge in [0.05, 0.1) is 22.8 Å². The van der Waals surface area contributed by atoms with Crippen LogP contribution in [-0.2, 0) is 19.1 Å². The molecule has 0 fully saturated rings. The number of rotatable bonds is 5. The Balaban J connectivity index is 1.32. The molecule has 0 saturated carbocycles. The van der Waals surface area contributed by atoms with Gasteiger partial charge in [0.1, 0.15) is 0 Å². The number of nitrogens with one attached hydrogen (secondary N) is 3. The topological polar surface area (TPSA) is 74.7 Å². The maximum absolute atomic E-state index is 13.1. The van der Waals surface area contributed by atoms with Gasteiger partial charge >= 0.3 is 6.18 Å². The van der Waals surface area contributed by atoms with Crippen molar-refractivity contribution in [3.8, 4) is 0 Å². The summed E-state index contributed by atoms with van der Waals surface area (Å²) in [5.74, 6) is 0. The maximum atomic E-state index is 13.1. The van der Waals surface area contributed by atoms with E-state index in [9.17, 15) is 18.0 Å². The van der Waals surface area contributed by atoms with Gasteiger partial charge in [0.15, 0.2) is 5.11 Å². The van der Waals surface area contributed by atoms with Gasteiger partial charge in [0.25, 0.3) is 5.56 Å². The quantitative estimate of drug-likeness (QED) is 0.257. The number of nitrogens with zero attached hydrogens (tertiary/aromatic N) is 2. The van der Waals surface area contributed by atoms with Crippen LogP contribution in [0.3, 0.4) is 0 Å². The lowest BCUT2D eigenvalue weighted by Crippen LogP contribution is -2.22. The van der Waals surface area contributed by atoms with Crippen molar-refractivity contribution in [1.29, 1.82) is 0 Å². The molecule has 0 aliphatic rings. The van der Waals surface area contributed by atoms with Crippen LogP contribution in [-0.4, -0.2) is 19.6 Å². The molecule has 182 valence electrons. The molecule has 2 aromatic heterocycles. The highest BCUT2D eigenvalue weighted by atomic mass is 32.1. The molecule has 5 aromatic rings. The Labute approximate surface area is 208 Å². The second-order valence-corrected chi connectivity index (χ2v) is 8.65. The summed E-state index contributed by atoms with van der Waals surface area (Å²) in [5, 5.41) is 7.29. The Bertz CT molecular complexity index is 1640. The third-order valence-corrected chi connectivity index (χ3v) is 6.03. The van der Waals surface area contributed by atoms with Crippen molar-refractivity contribution >= 4 is 50.5 Å². The molecule has 0 radical (unpaired) electrons. The van der Waals surface area contributed by atoms with Gasteiger partial charge in [0.2, 0.25) is 0 Å². The van der Waals surface area contributed by atoms with E-state index in [1.807, 2.05) is 30.5 Å². The maximum Gasteiger partial charge on any atom is 0.416 e. The van der Waals surface area contributed by atoms with Crippen molar-refractivity contribution in [1.82, 2.24) is 14.5 Å². The van der Waals surface area contributed by atoms with E-state index in [0.29, 0.717) is 29.6 Å². The Morgan fingerprint density at radius 3 is 2.56 bits per heavy atom. The van der Waals surface area contributed by atoms with Crippen molar-refractivity contribution < 1.29 is 13.2 Å².